The van der Waals surface area contributed by atoms with Crippen LogP contribution < -0.4 is 20.0 Å². The molecule has 0 saturated heterocycles. The number of carbonyl (C=O) groups excluding carboxylic acids is 5. The lowest BCUT2D eigenvalue weighted by molar-refractivity contribution is -0.878. The highest BCUT2D eigenvalue weighted by atomic mass is 16.5. The Bertz CT molecular complexity index is 614. The Morgan fingerprint density at radius 2 is 1.27 bits per heavy atom. The van der Waals surface area contributed by atoms with Gasteiger partial charge in [0.05, 0.1) is 46.6 Å². The van der Waals surface area contributed by atoms with Crippen LogP contribution in [0.5, 0.6) is 0 Å². The molecule has 172 valence electrons. The normalized spacial score (nSPS) is 12.8. The number of allylic oxidation sites excluding steroid dienone is 1. The number of carboxylic acids is 2. The molecule has 0 rings (SSSR count). The number of rotatable bonds is 13. The third-order valence-corrected chi connectivity index (χ3v) is 4.10. The third-order valence-electron chi connectivity index (χ3n) is 4.10. The summed E-state index contributed by atoms with van der Waals surface area (Å²) in [5.41, 5.74) is 0. The van der Waals surface area contributed by atoms with E-state index in [1.807, 2.05) is 13.0 Å². The van der Waals surface area contributed by atoms with Gasteiger partial charge in [-0.15, -0.1) is 0 Å². The van der Waals surface area contributed by atoms with Crippen molar-refractivity contribution < 1.29 is 48.7 Å². The van der Waals surface area contributed by atoms with Gasteiger partial charge in [0.25, 0.3) is 0 Å². The maximum absolute atomic E-state index is 11.3. The number of carbonyl (C=O) groups is 5. The van der Waals surface area contributed by atoms with Gasteiger partial charge in [0.15, 0.2) is 5.78 Å². The second-order valence-corrected chi connectivity index (χ2v) is 7.07. The van der Waals surface area contributed by atoms with Crippen molar-refractivity contribution in [2.45, 2.75) is 51.6 Å². The average Bonchev–Trinajstić information content (AvgIpc) is 2.66. The van der Waals surface area contributed by atoms with Crippen molar-refractivity contribution in [3.63, 3.8) is 0 Å². The first-order valence-corrected chi connectivity index (χ1v) is 9.77. The summed E-state index contributed by atoms with van der Waals surface area (Å²) in [6.45, 7) is 3.73. The average molecular weight is 430 g/mol. The van der Waals surface area contributed by atoms with E-state index in [0.717, 1.165) is 6.42 Å². The molecule has 0 aromatic rings. The predicted molar refractivity (Wildman–Crippen MR) is 103 cm³/mol. The SMILES string of the molecule is CC/C=C/COC(=O)CC(C(=O)[O-])[NH+](C)C.CCC(=O)C(=O)CC(C(=O)[O-])[NH+](C)C. The summed E-state index contributed by atoms with van der Waals surface area (Å²) in [5, 5.41) is 21.3. The number of hydrogen-bond acceptors (Lipinski definition) is 8. The fourth-order valence-electron chi connectivity index (χ4n) is 2.14. The Kier molecular flexibility index (Phi) is 16.0. The number of esters is 1. The van der Waals surface area contributed by atoms with E-state index in [9.17, 15) is 34.2 Å². The van der Waals surface area contributed by atoms with Gasteiger partial charge in [0.2, 0.25) is 5.78 Å². The Labute approximate surface area is 177 Å². The molecule has 0 aliphatic rings. The first-order valence-electron chi connectivity index (χ1n) is 9.77. The number of carboxylic acid groups (broad SMARTS) is 2. The van der Waals surface area contributed by atoms with Crippen LogP contribution in [0.25, 0.3) is 0 Å². The predicted octanol–water partition coefficient (Wildman–Crippen LogP) is -4.66. The van der Waals surface area contributed by atoms with Crippen molar-refractivity contribution in [3.05, 3.63) is 12.2 Å². The monoisotopic (exact) mass is 430 g/mol. The summed E-state index contributed by atoms with van der Waals surface area (Å²) < 4.78 is 4.84. The number of ether oxygens (including phenoxy) is 1. The van der Waals surface area contributed by atoms with Crippen molar-refractivity contribution in [1.29, 1.82) is 0 Å². The number of ketones is 2. The Morgan fingerprint density at radius 3 is 1.63 bits per heavy atom. The summed E-state index contributed by atoms with van der Waals surface area (Å²) in [6.07, 6.45) is 4.15. The van der Waals surface area contributed by atoms with E-state index in [-0.39, 0.29) is 25.9 Å². The summed E-state index contributed by atoms with van der Waals surface area (Å²) in [6, 6.07) is -1.80. The van der Waals surface area contributed by atoms with Gasteiger partial charge in [-0.1, -0.05) is 26.0 Å². The van der Waals surface area contributed by atoms with Gasteiger partial charge in [-0.25, -0.2) is 0 Å². The lowest BCUT2D eigenvalue weighted by Gasteiger charge is -2.20. The van der Waals surface area contributed by atoms with Crippen LogP contribution in [-0.4, -0.2) is 76.4 Å². The highest BCUT2D eigenvalue weighted by Gasteiger charge is 2.24. The summed E-state index contributed by atoms with van der Waals surface area (Å²) in [4.78, 5) is 55.8. The molecule has 0 heterocycles. The number of hydrogen-bond donors (Lipinski definition) is 2. The van der Waals surface area contributed by atoms with Gasteiger partial charge in [0.1, 0.15) is 25.1 Å². The molecule has 0 radical (unpaired) electrons. The van der Waals surface area contributed by atoms with E-state index in [2.05, 4.69) is 0 Å². The maximum Gasteiger partial charge on any atom is 0.312 e. The van der Waals surface area contributed by atoms with E-state index < -0.39 is 41.6 Å². The first kappa shape index (κ1) is 29.6. The van der Waals surface area contributed by atoms with E-state index in [4.69, 9.17) is 4.74 Å². The highest BCUT2D eigenvalue weighted by Crippen LogP contribution is 1.93. The fourth-order valence-corrected chi connectivity index (χ4v) is 2.14. The molecule has 10 heteroatoms. The quantitative estimate of drug-likeness (QED) is 0.168. The van der Waals surface area contributed by atoms with Crippen LogP contribution in [0.2, 0.25) is 0 Å². The Hall–Kier alpha value is -2.59. The Balaban J connectivity index is 0. The number of aliphatic carboxylic acids is 2. The number of quaternary nitrogens is 2. The van der Waals surface area contributed by atoms with Gasteiger partial charge < -0.3 is 34.3 Å². The molecule has 0 aliphatic heterocycles. The highest BCUT2D eigenvalue weighted by molar-refractivity contribution is 6.37. The largest absolute Gasteiger partial charge is 0.544 e. The molecule has 0 aromatic heterocycles. The molecule has 0 fully saturated rings. The van der Waals surface area contributed by atoms with Crippen molar-refractivity contribution in [2.24, 2.45) is 0 Å². The van der Waals surface area contributed by atoms with Crippen LogP contribution >= 0.6 is 0 Å². The summed E-state index contributed by atoms with van der Waals surface area (Å²) >= 11 is 0. The maximum atomic E-state index is 11.3. The van der Waals surface area contributed by atoms with Gasteiger partial charge in [-0.3, -0.25) is 14.4 Å². The van der Waals surface area contributed by atoms with E-state index in [1.165, 1.54) is 0 Å². The second-order valence-electron chi connectivity index (χ2n) is 7.07. The van der Waals surface area contributed by atoms with Crippen LogP contribution in [0.3, 0.4) is 0 Å². The number of Topliss-reactive ketones (excluding diaryl/α,β-unsaturated/α-hetero) is 2. The zero-order valence-electron chi connectivity index (χ0n) is 18.6. The van der Waals surface area contributed by atoms with Gasteiger partial charge >= 0.3 is 5.97 Å². The molecule has 30 heavy (non-hydrogen) atoms. The zero-order valence-corrected chi connectivity index (χ0v) is 18.6. The van der Waals surface area contributed by atoms with E-state index in [0.29, 0.717) is 9.80 Å². The first-order chi connectivity index (χ1) is 13.9. The molecular formula is C20H34N2O8. The number of nitrogens with one attached hydrogen (secondary N) is 2. The summed E-state index contributed by atoms with van der Waals surface area (Å²) in [7, 11) is 6.52. The minimum Gasteiger partial charge on any atom is -0.544 e. The van der Waals surface area contributed by atoms with Crippen LogP contribution in [0, 0.1) is 0 Å². The molecule has 2 N–H and O–H groups in total. The molecular weight excluding hydrogens is 396 g/mol. The lowest BCUT2D eigenvalue weighted by atomic mass is 10.1. The fraction of sp³-hybridized carbons (Fsp3) is 0.650. The van der Waals surface area contributed by atoms with Crippen LogP contribution in [0.15, 0.2) is 12.2 Å². The van der Waals surface area contributed by atoms with Crippen molar-refractivity contribution in [2.75, 3.05) is 34.8 Å². The van der Waals surface area contributed by atoms with Crippen molar-refractivity contribution >= 4 is 29.5 Å². The zero-order chi connectivity index (χ0) is 23.9. The molecule has 2 unspecified atom stereocenters. The molecule has 2 atom stereocenters. The molecule has 0 saturated carbocycles. The van der Waals surface area contributed by atoms with Crippen LogP contribution in [0.1, 0.15) is 39.5 Å². The topological polar surface area (TPSA) is 150 Å². The molecule has 0 bridgehead atoms. The Morgan fingerprint density at radius 1 is 0.800 bits per heavy atom. The number of likely N-dealkylation sites (N-methyl/N-ethyl adjacent to an activating group) is 2. The molecule has 0 aromatic carbocycles. The lowest BCUT2D eigenvalue weighted by Crippen LogP contribution is -3.12. The summed E-state index contributed by atoms with van der Waals surface area (Å²) in [5.74, 6) is -4.22. The van der Waals surface area contributed by atoms with Gasteiger partial charge in [-0.2, -0.15) is 0 Å². The minimum absolute atomic E-state index is 0.112. The second kappa shape index (κ2) is 16.2. The van der Waals surface area contributed by atoms with Crippen LogP contribution in [-0.2, 0) is 28.7 Å². The molecule has 0 spiro atoms. The third kappa shape index (κ3) is 13.6. The van der Waals surface area contributed by atoms with Crippen molar-refractivity contribution in [1.82, 2.24) is 0 Å². The smallest absolute Gasteiger partial charge is 0.312 e. The van der Waals surface area contributed by atoms with Crippen molar-refractivity contribution in [3.8, 4) is 0 Å². The minimum atomic E-state index is -1.30. The van der Waals surface area contributed by atoms with Crippen LogP contribution in [0.4, 0.5) is 0 Å². The molecule has 0 aliphatic carbocycles. The molecule has 10 nitrogen and oxygen atoms in total. The molecule has 0 amide bonds. The van der Waals surface area contributed by atoms with Gasteiger partial charge in [0, 0.05) is 6.42 Å². The van der Waals surface area contributed by atoms with E-state index in [1.54, 1.807) is 41.2 Å². The van der Waals surface area contributed by atoms with Gasteiger partial charge in [-0.05, 0) is 6.42 Å². The van der Waals surface area contributed by atoms with E-state index >= 15 is 0 Å². The standard InChI is InChI=1S/C11H19NO4.C9H15NO4/c1-4-5-6-7-16-10(13)8-9(11(14)15)12(2)3;1-4-7(11)8(12)5-6(9(13)14)10(2)3/h5-6,9H,4,7-8H2,1-3H3,(H,14,15);6H,4-5H2,1-3H3,(H,13,14)/b6-5+;.